The number of nitrogens with two attached hydrogens (primary N) is 1. The number of hydrogen-bond donors (Lipinski definition) is 1. The fourth-order valence-electron chi connectivity index (χ4n) is 1.07. The van der Waals surface area contributed by atoms with Gasteiger partial charge in [0.1, 0.15) is 5.82 Å². The molecule has 0 fully saturated rings. The van der Waals surface area contributed by atoms with Crippen molar-refractivity contribution in [3.63, 3.8) is 0 Å². The summed E-state index contributed by atoms with van der Waals surface area (Å²) < 4.78 is 49.5. The Morgan fingerprint density at radius 2 is 1.87 bits per heavy atom. The smallest absolute Gasteiger partial charge is 0.398 e. The lowest BCUT2D eigenvalue weighted by Crippen LogP contribution is -2.12. The molecule has 0 aromatic heterocycles. The van der Waals surface area contributed by atoms with Crippen molar-refractivity contribution in [3.05, 3.63) is 33.6 Å². The number of nitro benzene ring substituents is 1. The minimum atomic E-state index is -4.99. The van der Waals surface area contributed by atoms with E-state index in [1.165, 1.54) is 0 Å². The van der Waals surface area contributed by atoms with E-state index in [1.807, 2.05) is 0 Å². The van der Waals surface area contributed by atoms with Crippen molar-refractivity contribution in [1.29, 1.82) is 0 Å². The van der Waals surface area contributed by atoms with Gasteiger partial charge in [-0.3, -0.25) is 10.1 Å². The highest BCUT2D eigenvalue weighted by Crippen LogP contribution is 2.40. The van der Waals surface area contributed by atoms with E-state index in [0.717, 1.165) is 0 Å². The third-order valence-electron chi connectivity index (χ3n) is 1.59. The third kappa shape index (κ3) is 2.14. The maximum Gasteiger partial charge on any atom is 0.425 e. The van der Waals surface area contributed by atoms with Gasteiger partial charge in [-0.2, -0.15) is 13.2 Å². The summed E-state index contributed by atoms with van der Waals surface area (Å²) in [6.07, 6.45) is -4.99. The van der Waals surface area contributed by atoms with Crippen molar-refractivity contribution >= 4 is 11.4 Å². The van der Waals surface area contributed by atoms with Gasteiger partial charge in [0.2, 0.25) is 0 Å². The molecule has 0 amide bonds. The Bertz CT molecular complexity index is 416. The van der Waals surface area contributed by atoms with Crippen LogP contribution in [0.2, 0.25) is 0 Å². The number of nitro groups is 1. The van der Waals surface area contributed by atoms with Crippen molar-refractivity contribution in [3.8, 4) is 0 Å². The summed E-state index contributed by atoms with van der Waals surface area (Å²) in [5.74, 6) is -1.19. The van der Waals surface area contributed by atoms with Gasteiger partial charge in [0.15, 0.2) is 5.56 Å². The number of hydrogen-bond acceptors (Lipinski definition) is 3. The van der Waals surface area contributed by atoms with E-state index in [4.69, 9.17) is 5.73 Å². The molecule has 1 aromatic carbocycles. The summed E-state index contributed by atoms with van der Waals surface area (Å²) in [6, 6.07) is 0.564. The molecule has 15 heavy (non-hydrogen) atoms. The Balaban J connectivity index is 3.55. The molecule has 0 atom stereocenters. The Morgan fingerprint density at radius 1 is 1.33 bits per heavy atom. The number of nitrogen functional groups attached to an aromatic ring is 1. The van der Waals surface area contributed by atoms with Crippen LogP contribution < -0.4 is 5.73 Å². The number of alkyl halides is 3. The predicted octanol–water partition coefficient (Wildman–Crippen LogP) is 2.33. The molecule has 0 saturated carbocycles. The summed E-state index contributed by atoms with van der Waals surface area (Å²) in [5.41, 5.74) is 0.857. The first kappa shape index (κ1) is 11.2. The van der Waals surface area contributed by atoms with E-state index < -0.39 is 33.9 Å². The molecule has 0 saturated heterocycles. The van der Waals surface area contributed by atoms with Crippen LogP contribution >= 0.6 is 0 Å². The minimum Gasteiger partial charge on any atom is -0.398 e. The first-order valence-electron chi connectivity index (χ1n) is 3.54. The summed E-state index contributed by atoms with van der Waals surface area (Å²) in [6.45, 7) is 0. The largest absolute Gasteiger partial charge is 0.425 e. The number of nitrogens with zero attached hydrogens (tertiary/aromatic N) is 1. The van der Waals surface area contributed by atoms with Crippen LogP contribution in [0.5, 0.6) is 0 Å². The van der Waals surface area contributed by atoms with E-state index in [-0.39, 0.29) is 6.07 Å². The molecule has 0 aliphatic rings. The average molecular weight is 224 g/mol. The van der Waals surface area contributed by atoms with Gasteiger partial charge in [-0.15, -0.1) is 0 Å². The summed E-state index contributed by atoms with van der Waals surface area (Å²) >= 11 is 0. The molecule has 4 nitrogen and oxygen atoms in total. The van der Waals surface area contributed by atoms with Gasteiger partial charge in [0.05, 0.1) is 16.7 Å². The summed E-state index contributed by atoms with van der Waals surface area (Å²) in [5, 5.41) is 10.3. The van der Waals surface area contributed by atoms with E-state index in [9.17, 15) is 27.7 Å². The SMILES string of the molecule is Nc1cc(F)cc([N+](=O)[O-])c1C(F)(F)F. The summed E-state index contributed by atoms with van der Waals surface area (Å²) in [7, 11) is 0. The maximum absolute atomic E-state index is 12.6. The van der Waals surface area contributed by atoms with E-state index in [1.54, 1.807) is 0 Å². The highest BCUT2D eigenvalue weighted by molar-refractivity contribution is 5.59. The van der Waals surface area contributed by atoms with Crippen LogP contribution in [0, 0.1) is 15.9 Å². The second kappa shape index (κ2) is 3.37. The molecule has 0 spiro atoms. The Kier molecular flexibility index (Phi) is 2.52. The lowest BCUT2D eigenvalue weighted by Gasteiger charge is -2.09. The average Bonchev–Trinajstić information content (AvgIpc) is 1.99. The van der Waals surface area contributed by atoms with Crippen molar-refractivity contribution in [2.24, 2.45) is 0 Å². The molecule has 2 N–H and O–H groups in total. The normalized spacial score (nSPS) is 11.5. The topological polar surface area (TPSA) is 69.2 Å². The van der Waals surface area contributed by atoms with Gasteiger partial charge in [-0.05, 0) is 6.07 Å². The van der Waals surface area contributed by atoms with Crippen molar-refractivity contribution < 1.29 is 22.5 Å². The Hall–Kier alpha value is -1.86. The zero-order chi connectivity index (χ0) is 11.8. The van der Waals surface area contributed by atoms with Crippen LogP contribution in [0.15, 0.2) is 12.1 Å². The lowest BCUT2D eigenvalue weighted by molar-refractivity contribution is -0.388. The number of halogens is 4. The fraction of sp³-hybridized carbons (Fsp3) is 0.143. The van der Waals surface area contributed by atoms with E-state index in [2.05, 4.69) is 0 Å². The zero-order valence-electron chi connectivity index (χ0n) is 7.01. The molecular weight excluding hydrogens is 220 g/mol. The minimum absolute atomic E-state index is 0.180. The van der Waals surface area contributed by atoms with Gasteiger partial charge < -0.3 is 5.73 Å². The zero-order valence-corrected chi connectivity index (χ0v) is 7.01. The standard InChI is InChI=1S/C7H4F4N2O2/c8-3-1-4(12)6(7(9,10)11)5(2-3)13(14)15/h1-2H,12H2. The van der Waals surface area contributed by atoms with E-state index >= 15 is 0 Å². The van der Waals surface area contributed by atoms with Crippen LogP contribution in [0.25, 0.3) is 0 Å². The van der Waals surface area contributed by atoms with Gasteiger partial charge >= 0.3 is 6.18 Å². The quantitative estimate of drug-likeness (QED) is 0.344. The monoisotopic (exact) mass is 224 g/mol. The number of benzene rings is 1. The molecule has 82 valence electrons. The molecule has 8 heteroatoms. The molecule has 1 aromatic rings. The van der Waals surface area contributed by atoms with Crippen LogP contribution in [-0.4, -0.2) is 4.92 Å². The molecule has 0 bridgehead atoms. The van der Waals surface area contributed by atoms with Crippen LogP contribution in [-0.2, 0) is 6.18 Å². The number of rotatable bonds is 1. The Morgan fingerprint density at radius 3 is 2.27 bits per heavy atom. The maximum atomic E-state index is 12.6. The Labute approximate surface area is 80.5 Å². The molecule has 0 aliphatic heterocycles. The first-order valence-corrected chi connectivity index (χ1v) is 3.54. The highest BCUT2D eigenvalue weighted by Gasteiger charge is 2.41. The van der Waals surface area contributed by atoms with Gasteiger partial charge in [0.25, 0.3) is 5.69 Å². The molecular formula is C7H4F4N2O2. The van der Waals surface area contributed by atoms with Crippen molar-refractivity contribution in [2.75, 3.05) is 5.73 Å². The van der Waals surface area contributed by atoms with Crippen LogP contribution in [0.4, 0.5) is 28.9 Å². The number of anilines is 1. The lowest BCUT2D eigenvalue weighted by atomic mass is 10.1. The molecule has 1 rings (SSSR count). The predicted molar refractivity (Wildman–Crippen MR) is 42.5 cm³/mol. The molecule has 0 aliphatic carbocycles. The van der Waals surface area contributed by atoms with Crippen molar-refractivity contribution in [1.82, 2.24) is 0 Å². The molecule has 0 unspecified atom stereocenters. The van der Waals surface area contributed by atoms with Crippen molar-refractivity contribution in [2.45, 2.75) is 6.18 Å². The highest BCUT2D eigenvalue weighted by atomic mass is 19.4. The fourth-order valence-corrected chi connectivity index (χ4v) is 1.07. The van der Waals surface area contributed by atoms with Gasteiger partial charge in [0, 0.05) is 0 Å². The molecule has 0 radical (unpaired) electrons. The van der Waals surface area contributed by atoms with Crippen LogP contribution in [0.3, 0.4) is 0 Å². The molecule has 0 heterocycles. The second-order valence-corrected chi connectivity index (χ2v) is 2.64. The first-order chi connectivity index (χ1) is 6.73. The van der Waals surface area contributed by atoms with Gasteiger partial charge in [-0.25, -0.2) is 4.39 Å². The van der Waals surface area contributed by atoms with Crippen LogP contribution in [0.1, 0.15) is 5.56 Å². The third-order valence-corrected chi connectivity index (χ3v) is 1.59. The van der Waals surface area contributed by atoms with E-state index in [0.29, 0.717) is 6.07 Å². The second-order valence-electron chi connectivity index (χ2n) is 2.64. The summed E-state index contributed by atoms with van der Waals surface area (Å²) in [4.78, 5) is 8.93. The van der Waals surface area contributed by atoms with Gasteiger partial charge in [-0.1, -0.05) is 0 Å².